The van der Waals surface area contributed by atoms with Crippen LogP contribution >= 0.6 is 0 Å². The van der Waals surface area contributed by atoms with Gasteiger partial charge in [0.15, 0.2) is 0 Å². The molecule has 1 aliphatic heterocycles. The maximum absolute atomic E-state index is 10.1. The number of aliphatic hydroxyl groups is 1. The number of benzene rings is 2. The Bertz CT molecular complexity index is 870. The van der Waals surface area contributed by atoms with E-state index in [1.165, 1.54) is 76.7 Å². The van der Waals surface area contributed by atoms with Crippen LogP contribution in [0.5, 0.6) is 11.5 Å². The number of para-hydroxylation sites is 1. The lowest BCUT2D eigenvalue weighted by atomic mass is 10.0. The van der Waals surface area contributed by atoms with Crippen LogP contribution < -0.4 is 20.1 Å². The van der Waals surface area contributed by atoms with Gasteiger partial charge in [0.25, 0.3) is 0 Å². The minimum absolute atomic E-state index is 0.201. The summed E-state index contributed by atoms with van der Waals surface area (Å²) in [6, 6.07) is 18.1. The summed E-state index contributed by atoms with van der Waals surface area (Å²) in [4.78, 5) is 5.15. The van der Waals surface area contributed by atoms with E-state index in [-0.39, 0.29) is 18.6 Å². The normalized spacial score (nSPS) is 15.9. The van der Waals surface area contributed by atoms with Crippen molar-refractivity contribution in [3.05, 3.63) is 54.6 Å². The third-order valence-electron chi connectivity index (χ3n) is 7.84. The fourth-order valence-electron chi connectivity index (χ4n) is 5.10. The molecule has 6 heteroatoms. The molecule has 3 rings (SSSR count). The van der Waals surface area contributed by atoms with Crippen LogP contribution in [0.2, 0.25) is 0 Å². The molecule has 1 fully saturated rings. The summed E-state index contributed by atoms with van der Waals surface area (Å²) in [5.74, 6) is 1.80. The van der Waals surface area contributed by atoms with Crippen LogP contribution in [-0.4, -0.2) is 68.1 Å². The van der Waals surface area contributed by atoms with Gasteiger partial charge in [0.05, 0.1) is 6.61 Å². The number of nitrogens with zero attached hydrogens (tertiary/aromatic N) is 2. The van der Waals surface area contributed by atoms with Crippen LogP contribution in [0.1, 0.15) is 71.6 Å². The molecule has 0 aromatic heterocycles. The van der Waals surface area contributed by atoms with Crippen molar-refractivity contribution in [1.82, 2.24) is 4.90 Å². The maximum atomic E-state index is 10.1. The second-order valence-electron chi connectivity index (χ2n) is 11.4. The Hall–Kier alpha value is -2.28. The Balaban J connectivity index is 1.10. The number of unbranched alkanes of at least 4 members (excludes halogenated alkanes) is 8. The quantitative estimate of drug-likeness (QED) is 0.210. The molecule has 2 unspecified atom stereocenters. The van der Waals surface area contributed by atoms with E-state index >= 15 is 0 Å². The monoisotopic (exact) mass is 539 g/mol. The highest BCUT2D eigenvalue weighted by Crippen LogP contribution is 2.19. The van der Waals surface area contributed by atoms with Crippen molar-refractivity contribution in [3.8, 4) is 11.5 Å². The predicted octanol–water partition coefficient (Wildman–Crippen LogP) is 6.12. The number of aliphatic hydroxyl groups excluding tert-OH is 1. The summed E-state index contributed by atoms with van der Waals surface area (Å²) in [6.45, 7) is 10.9. The number of rotatable bonds is 19. The molecule has 0 saturated carbocycles. The SMILES string of the molecule is CC(C)C(N)C(O)COc1ccc(OCCCCCCCCCCCN2CCN(c3ccccc3)CC2)cc1. The molecule has 6 nitrogen and oxygen atoms in total. The zero-order chi connectivity index (χ0) is 27.7. The molecule has 0 spiro atoms. The highest BCUT2D eigenvalue weighted by Gasteiger charge is 2.19. The van der Waals surface area contributed by atoms with Gasteiger partial charge < -0.3 is 25.2 Å². The van der Waals surface area contributed by atoms with Gasteiger partial charge in [-0.3, -0.25) is 4.90 Å². The molecule has 3 N–H and O–H groups in total. The first kappa shape index (κ1) is 31.3. The zero-order valence-electron chi connectivity index (χ0n) is 24.5. The lowest BCUT2D eigenvalue weighted by Crippen LogP contribution is -2.46. The molecule has 39 heavy (non-hydrogen) atoms. The second-order valence-corrected chi connectivity index (χ2v) is 11.4. The number of hydrogen-bond donors (Lipinski definition) is 2. The maximum Gasteiger partial charge on any atom is 0.119 e. The highest BCUT2D eigenvalue weighted by molar-refractivity contribution is 5.46. The van der Waals surface area contributed by atoms with Crippen molar-refractivity contribution in [2.24, 2.45) is 11.7 Å². The molecular weight excluding hydrogens is 486 g/mol. The molecule has 1 saturated heterocycles. The Morgan fingerprint density at radius 2 is 1.26 bits per heavy atom. The molecule has 0 amide bonds. The third kappa shape index (κ3) is 12.2. The first-order valence-electron chi connectivity index (χ1n) is 15.3. The summed E-state index contributed by atoms with van der Waals surface area (Å²) >= 11 is 0. The van der Waals surface area contributed by atoms with Crippen LogP contribution in [0, 0.1) is 5.92 Å². The van der Waals surface area contributed by atoms with E-state index in [0.717, 1.165) is 37.6 Å². The first-order valence-corrected chi connectivity index (χ1v) is 15.3. The summed E-state index contributed by atoms with van der Waals surface area (Å²) in [5.41, 5.74) is 7.33. The van der Waals surface area contributed by atoms with Gasteiger partial charge >= 0.3 is 0 Å². The van der Waals surface area contributed by atoms with Gasteiger partial charge in [-0.25, -0.2) is 0 Å². The summed E-state index contributed by atoms with van der Waals surface area (Å²) in [5, 5.41) is 10.1. The molecule has 2 aromatic rings. The average molecular weight is 540 g/mol. The van der Waals surface area contributed by atoms with Gasteiger partial charge in [0.1, 0.15) is 24.2 Å². The Kier molecular flexibility index (Phi) is 14.5. The van der Waals surface area contributed by atoms with Gasteiger partial charge in [-0.2, -0.15) is 0 Å². The minimum atomic E-state index is -0.668. The van der Waals surface area contributed by atoms with E-state index in [4.69, 9.17) is 15.2 Å². The van der Waals surface area contributed by atoms with Crippen molar-refractivity contribution in [2.75, 3.05) is 50.8 Å². The number of nitrogens with two attached hydrogens (primary N) is 1. The molecule has 218 valence electrons. The van der Waals surface area contributed by atoms with E-state index in [1.54, 1.807) is 0 Å². The van der Waals surface area contributed by atoms with Crippen molar-refractivity contribution in [2.45, 2.75) is 83.8 Å². The topological polar surface area (TPSA) is 71.2 Å². The largest absolute Gasteiger partial charge is 0.494 e. The van der Waals surface area contributed by atoms with E-state index in [9.17, 15) is 5.11 Å². The van der Waals surface area contributed by atoms with Crippen LogP contribution in [0.4, 0.5) is 5.69 Å². The fraction of sp³-hybridized carbons (Fsp3) is 0.636. The molecule has 2 atom stereocenters. The van der Waals surface area contributed by atoms with Gasteiger partial charge in [0, 0.05) is 37.9 Å². The van der Waals surface area contributed by atoms with Gasteiger partial charge in [-0.15, -0.1) is 0 Å². The first-order chi connectivity index (χ1) is 19.0. The van der Waals surface area contributed by atoms with Crippen molar-refractivity contribution >= 4 is 5.69 Å². The number of anilines is 1. The molecule has 1 heterocycles. The average Bonchev–Trinajstić information content (AvgIpc) is 2.97. The fourth-order valence-corrected chi connectivity index (χ4v) is 5.10. The van der Waals surface area contributed by atoms with Crippen LogP contribution in [0.3, 0.4) is 0 Å². The van der Waals surface area contributed by atoms with Crippen LogP contribution in [0.15, 0.2) is 54.6 Å². The van der Waals surface area contributed by atoms with Crippen molar-refractivity contribution < 1.29 is 14.6 Å². The molecular formula is C33H53N3O3. The number of hydrogen-bond acceptors (Lipinski definition) is 6. The second kappa shape index (κ2) is 18.1. The van der Waals surface area contributed by atoms with Crippen molar-refractivity contribution in [3.63, 3.8) is 0 Å². The minimum Gasteiger partial charge on any atom is -0.494 e. The molecule has 2 aromatic carbocycles. The van der Waals surface area contributed by atoms with E-state index < -0.39 is 6.10 Å². The van der Waals surface area contributed by atoms with Gasteiger partial charge in [-0.1, -0.05) is 77.0 Å². The van der Waals surface area contributed by atoms with Crippen LogP contribution in [0.25, 0.3) is 0 Å². The molecule has 1 aliphatic rings. The summed E-state index contributed by atoms with van der Waals surface area (Å²) < 4.78 is 11.5. The number of piperazine rings is 1. The van der Waals surface area contributed by atoms with Gasteiger partial charge in [-0.05, 0) is 61.7 Å². The molecule has 0 bridgehead atoms. The van der Waals surface area contributed by atoms with E-state index in [1.807, 2.05) is 38.1 Å². The molecule has 0 radical (unpaired) electrons. The lowest BCUT2D eigenvalue weighted by molar-refractivity contribution is 0.0715. The van der Waals surface area contributed by atoms with Gasteiger partial charge in [0.2, 0.25) is 0 Å². The Morgan fingerprint density at radius 3 is 1.85 bits per heavy atom. The van der Waals surface area contributed by atoms with Crippen molar-refractivity contribution in [1.29, 1.82) is 0 Å². The smallest absolute Gasteiger partial charge is 0.119 e. The van der Waals surface area contributed by atoms with Crippen LogP contribution in [-0.2, 0) is 0 Å². The highest BCUT2D eigenvalue weighted by atomic mass is 16.5. The zero-order valence-corrected chi connectivity index (χ0v) is 24.5. The Morgan fingerprint density at radius 1 is 0.718 bits per heavy atom. The molecule has 0 aliphatic carbocycles. The lowest BCUT2D eigenvalue weighted by Gasteiger charge is -2.36. The Labute approximate surface area is 237 Å². The van der Waals surface area contributed by atoms with E-state index in [0.29, 0.717) is 0 Å². The third-order valence-corrected chi connectivity index (χ3v) is 7.84. The summed E-state index contributed by atoms with van der Waals surface area (Å²) in [6.07, 6.45) is 11.1. The summed E-state index contributed by atoms with van der Waals surface area (Å²) in [7, 11) is 0. The number of ether oxygens (including phenoxy) is 2. The standard InChI is InChI=1S/C33H53N3O3/c1-28(2)33(34)32(37)27-39-31-19-17-30(18-20-31)38-26-14-9-7-5-3-4-6-8-13-21-35-22-24-36(25-23-35)29-15-11-10-12-16-29/h10-12,15-20,28,32-33,37H,3-9,13-14,21-27,34H2,1-2H3. The predicted molar refractivity (Wildman–Crippen MR) is 163 cm³/mol. The van der Waals surface area contributed by atoms with E-state index in [2.05, 4.69) is 40.1 Å².